The fourth-order valence-corrected chi connectivity index (χ4v) is 4.49. The molecule has 1 aliphatic rings. The first-order valence-corrected chi connectivity index (χ1v) is 8.76. The van der Waals surface area contributed by atoms with Gasteiger partial charge in [0.2, 0.25) is 0 Å². The van der Waals surface area contributed by atoms with Crippen LogP contribution in [0.15, 0.2) is 57.9 Å². The lowest BCUT2D eigenvalue weighted by Gasteiger charge is -2.33. The van der Waals surface area contributed by atoms with E-state index in [1.165, 1.54) is 4.31 Å². The van der Waals surface area contributed by atoms with Crippen molar-refractivity contribution in [1.29, 1.82) is 0 Å². The number of benzene rings is 2. The van der Waals surface area contributed by atoms with E-state index in [1.54, 1.807) is 36.4 Å². The van der Waals surface area contributed by atoms with Crippen molar-refractivity contribution in [2.24, 2.45) is 0 Å². The Balaban J connectivity index is 2.12. The molecule has 6 heteroatoms. The van der Waals surface area contributed by atoms with Crippen molar-refractivity contribution in [2.75, 3.05) is 10.8 Å². The minimum atomic E-state index is -3.66. The molecule has 1 heterocycles. The Labute approximate surface area is 132 Å². The minimum Gasteiger partial charge on any atom is -0.391 e. The molecule has 1 atom stereocenters. The summed E-state index contributed by atoms with van der Waals surface area (Å²) in [7, 11) is -3.66. The molecule has 1 aliphatic heterocycles. The van der Waals surface area contributed by atoms with E-state index >= 15 is 0 Å². The first-order valence-electron chi connectivity index (χ1n) is 6.53. The molecule has 110 valence electrons. The minimum absolute atomic E-state index is 0.0753. The summed E-state index contributed by atoms with van der Waals surface area (Å²) in [6.07, 6.45) is -0.249. The van der Waals surface area contributed by atoms with Gasteiger partial charge in [-0.3, -0.25) is 4.31 Å². The highest BCUT2D eigenvalue weighted by molar-refractivity contribution is 9.10. The molecular weight excluding hydrogens is 354 g/mol. The molecule has 0 aromatic heterocycles. The van der Waals surface area contributed by atoms with Crippen molar-refractivity contribution in [3.8, 4) is 0 Å². The molecule has 1 N–H and O–H groups in total. The van der Waals surface area contributed by atoms with Crippen LogP contribution in [-0.4, -0.2) is 26.2 Å². The maximum Gasteiger partial charge on any atom is 0.264 e. The van der Waals surface area contributed by atoms with Crippen molar-refractivity contribution in [3.63, 3.8) is 0 Å². The number of β-amino-alcohol motifs (C(OH)–C–C–N with tert-alkyl or cyclic N) is 1. The summed E-state index contributed by atoms with van der Waals surface area (Å²) >= 11 is 3.38. The van der Waals surface area contributed by atoms with Crippen molar-refractivity contribution in [2.45, 2.75) is 17.4 Å². The lowest BCUT2D eigenvalue weighted by atomic mass is 10.0. The lowest BCUT2D eigenvalue weighted by molar-refractivity contribution is 0.180. The van der Waals surface area contributed by atoms with Gasteiger partial charge in [-0.25, -0.2) is 8.42 Å². The Hall–Kier alpha value is -1.37. The van der Waals surface area contributed by atoms with E-state index in [-0.39, 0.29) is 11.4 Å². The van der Waals surface area contributed by atoms with Gasteiger partial charge in [0, 0.05) is 10.9 Å². The van der Waals surface area contributed by atoms with E-state index in [2.05, 4.69) is 15.9 Å². The van der Waals surface area contributed by atoms with Crippen molar-refractivity contribution in [3.05, 3.63) is 58.6 Å². The third-order valence-corrected chi connectivity index (χ3v) is 5.76. The zero-order chi connectivity index (χ0) is 15.0. The molecule has 0 saturated carbocycles. The third kappa shape index (κ3) is 2.71. The van der Waals surface area contributed by atoms with Crippen LogP contribution in [0.5, 0.6) is 0 Å². The van der Waals surface area contributed by atoms with Crippen LogP contribution in [0.25, 0.3) is 0 Å². The molecule has 0 radical (unpaired) electrons. The Morgan fingerprint density at radius 1 is 1.14 bits per heavy atom. The normalized spacial score (nSPS) is 18.4. The Kier molecular flexibility index (Phi) is 3.77. The number of fused-ring (bicyclic) bond motifs is 1. The van der Waals surface area contributed by atoms with Gasteiger partial charge in [0.05, 0.1) is 23.2 Å². The predicted molar refractivity (Wildman–Crippen MR) is 84.8 cm³/mol. The predicted octanol–water partition coefficient (Wildman–Crippen LogP) is 2.56. The summed E-state index contributed by atoms with van der Waals surface area (Å²) < 4.78 is 27.7. The molecule has 0 fully saturated rings. The van der Waals surface area contributed by atoms with Gasteiger partial charge in [-0.05, 0) is 35.9 Å². The molecule has 0 bridgehead atoms. The molecule has 4 nitrogen and oxygen atoms in total. The van der Waals surface area contributed by atoms with Crippen LogP contribution in [-0.2, 0) is 16.4 Å². The van der Waals surface area contributed by atoms with Crippen LogP contribution >= 0.6 is 15.9 Å². The van der Waals surface area contributed by atoms with Gasteiger partial charge >= 0.3 is 0 Å². The quantitative estimate of drug-likeness (QED) is 0.887. The second-order valence-corrected chi connectivity index (χ2v) is 7.76. The van der Waals surface area contributed by atoms with Crippen molar-refractivity contribution in [1.82, 2.24) is 0 Å². The maximum absolute atomic E-state index is 12.8. The van der Waals surface area contributed by atoms with Gasteiger partial charge in [-0.2, -0.15) is 0 Å². The lowest BCUT2D eigenvalue weighted by Crippen LogP contribution is -2.42. The molecule has 2 aromatic rings. The Morgan fingerprint density at radius 3 is 2.57 bits per heavy atom. The summed E-state index contributed by atoms with van der Waals surface area (Å²) in [5.41, 5.74) is 1.45. The second kappa shape index (κ2) is 5.44. The monoisotopic (exact) mass is 367 g/mol. The van der Waals surface area contributed by atoms with Crippen LogP contribution < -0.4 is 4.31 Å². The van der Waals surface area contributed by atoms with Crippen LogP contribution in [0.3, 0.4) is 0 Å². The highest BCUT2D eigenvalue weighted by Gasteiger charge is 2.32. The zero-order valence-corrected chi connectivity index (χ0v) is 13.5. The largest absolute Gasteiger partial charge is 0.391 e. The van der Waals surface area contributed by atoms with E-state index in [9.17, 15) is 13.5 Å². The molecule has 0 saturated heterocycles. The number of aliphatic hydroxyl groups is 1. The Morgan fingerprint density at radius 2 is 1.86 bits per heavy atom. The highest BCUT2D eigenvalue weighted by atomic mass is 79.9. The number of nitrogens with zero attached hydrogens (tertiary/aromatic N) is 1. The molecule has 2 aromatic carbocycles. The van der Waals surface area contributed by atoms with Crippen LogP contribution in [0.2, 0.25) is 0 Å². The fourth-order valence-electron chi connectivity index (χ4n) is 2.52. The van der Waals surface area contributed by atoms with Gasteiger partial charge in [0.25, 0.3) is 10.0 Å². The number of halogens is 1. The number of hydrogen-bond acceptors (Lipinski definition) is 3. The molecule has 0 aliphatic carbocycles. The summed E-state index contributed by atoms with van der Waals surface area (Å²) in [6.45, 7) is 0.0753. The average molecular weight is 368 g/mol. The number of rotatable bonds is 2. The van der Waals surface area contributed by atoms with E-state index in [1.807, 2.05) is 12.1 Å². The van der Waals surface area contributed by atoms with E-state index < -0.39 is 16.1 Å². The number of sulfonamides is 1. The third-order valence-electron chi connectivity index (χ3n) is 3.47. The number of aliphatic hydroxyl groups excluding tert-OH is 1. The highest BCUT2D eigenvalue weighted by Crippen LogP contribution is 2.33. The second-order valence-electron chi connectivity index (χ2n) is 4.98. The van der Waals surface area contributed by atoms with E-state index in [4.69, 9.17) is 0 Å². The average Bonchev–Trinajstić information content (AvgIpc) is 2.46. The molecule has 21 heavy (non-hydrogen) atoms. The van der Waals surface area contributed by atoms with Gasteiger partial charge < -0.3 is 5.11 Å². The molecule has 1 unspecified atom stereocenters. The summed E-state index contributed by atoms with van der Waals surface area (Å²) in [5.74, 6) is 0. The van der Waals surface area contributed by atoms with E-state index in [0.29, 0.717) is 12.1 Å². The van der Waals surface area contributed by atoms with Crippen LogP contribution in [0.4, 0.5) is 5.69 Å². The van der Waals surface area contributed by atoms with Gasteiger partial charge in [-0.1, -0.05) is 34.1 Å². The van der Waals surface area contributed by atoms with Crippen LogP contribution in [0, 0.1) is 0 Å². The molecule has 0 spiro atoms. The van der Waals surface area contributed by atoms with Gasteiger partial charge in [0.1, 0.15) is 0 Å². The number of anilines is 1. The van der Waals surface area contributed by atoms with Crippen molar-refractivity contribution >= 4 is 31.6 Å². The SMILES string of the molecule is O=S(=O)(c1ccccc1)N1CC(O)Cc2cc(Br)ccc21. The fraction of sp³-hybridized carbons (Fsp3) is 0.200. The van der Waals surface area contributed by atoms with E-state index in [0.717, 1.165) is 10.0 Å². The van der Waals surface area contributed by atoms with Gasteiger partial charge in [0.15, 0.2) is 0 Å². The Bertz CT molecular complexity index is 762. The topological polar surface area (TPSA) is 57.6 Å². The summed E-state index contributed by atoms with van der Waals surface area (Å²) in [6, 6.07) is 13.7. The zero-order valence-electron chi connectivity index (χ0n) is 11.1. The van der Waals surface area contributed by atoms with Crippen molar-refractivity contribution < 1.29 is 13.5 Å². The first kappa shape index (κ1) is 14.6. The maximum atomic E-state index is 12.8. The first-order chi connectivity index (χ1) is 9.98. The number of hydrogen-bond donors (Lipinski definition) is 1. The van der Waals surface area contributed by atoms with Crippen LogP contribution in [0.1, 0.15) is 5.56 Å². The smallest absolute Gasteiger partial charge is 0.264 e. The standard InChI is InChI=1S/C15H14BrNO3S/c16-12-6-7-15-11(8-12)9-13(18)10-17(15)21(19,20)14-4-2-1-3-5-14/h1-8,13,18H,9-10H2. The molecule has 0 amide bonds. The summed E-state index contributed by atoms with van der Waals surface area (Å²) in [5, 5.41) is 10.0. The van der Waals surface area contributed by atoms with Gasteiger partial charge in [-0.15, -0.1) is 0 Å². The molecule has 3 rings (SSSR count). The summed E-state index contributed by atoms with van der Waals surface area (Å²) in [4.78, 5) is 0.230. The molecular formula is C15H14BrNO3S.